The van der Waals surface area contributed by atoms with E-state index in [1.54, 1.807) is 0 Å². The van der Waals surface area contributed by atoms with Crippen LogP contribution in [0.15, 0.2) is 186 Å². The van der Waals surface area contributed by atoms with Crippen molar-refractivity contribution in [3.63, 3.8) is 0 Å². The summed E-state index contributed by atoms with van der Waals surface area (Å²) in [5.41, 5.74) is 10.00. The first kappa shape index (κ1) is 27.9. The molecule has 1 heterocycles. The fraction of sp³-hybridized carbons (Fsp3) is 0. The second-order valence-electron chi connectivity index (χ2n) is 11.2. The van der Waals surface area contributed by atoms with Crippen molar-refractivity contribution in [2.24, 2.45) is 0 Å². The molecule has 8 rings (SSSR count). The molecule has 4 heteroatoms. The van der Waals surface area contributed by atoms with Crippen molar-refractivity contribution in [1.29, 1.82) is 0 Å². The second-order valence-corrected chi connectivity index (χ2v) is 12.1. The molecule has 1 aromatic heterocycles. The van der Waals surface area contributed by atoms with E-state index < -0.39 is 0 Å². The normalized spacial score (nSPS) is 11.2. The van der Waals surface area contributed by atoms with E-state index in [2.05, 4.69) is 212 Å². The highest BCUT2D eigenvalue weighted by molar-refractivity contribution is 9.10. The molecule has 8 aromatic rings. The fourth-order valence-electron chi connectivity index (χ4n) is 6.39. The predicted molar refractivity (Wildman–Crippen MR) is 198 cm³/mol. The van der Waals surface area contributed by atoms with Crippen molar-refractivity contribution in [2.45, 2.75) is 0 Å². The Hall–Kier alpha value is -5.58. The van der Waals surface area contributed by atoms with Crippen LogP contribution in [0.25, 0.3) is 27.5 Å². The van der Waals surface area contributed by atoms with Gasteiger partial charge in [0, 0.05) is 55.1 Å². The average Bonchev–Trinajstić information content (AvgIpc) is 3.44. The van der Waals surface area contributed by atoms with Gasteiger partial charge >= 0.3 is 0 Å². The highest BCUT2D eigenvalue weighted by atomic mass is 79.9. The van der Waals surface area contributed by atoms with Gasteiger partial charge in [-0.25, -0.2) is 0 Å². The zero-order chi connectivity index (χ0) is 30.9. The second kappa shape index (κ2) is 12.1. The van der Waals surface area contributed by atoms with Crippen LogP contribution >= 0.6 is 15.9 Å². The number of para-hydroxylation sites is 4. The van der Waals surface area contributed by atoms with Crippen molar-refractivity contribution in [1.82, 2.24) is 4.57 Å². The summed E-state index contributed by atoms with van der Waals surface area (Å²) < 4.78 is 3.40. The van der Waals surface area contributed by atoms with Crippen molar-refractivity contribution >= 4 is 71.9 Å². The van der Waals surface area contributed by atoms with Crippen LogP contribution in [0.4, 0.5) is 34.1 Å². The van der Waals surface area contributed by atoms with Gasteiger partial charge in [-0.2, -0.15) is 0 Å². The highest BCUT2D eigenvalue weighted by Crippen LogP contribution is 2.42. The van der Waals surface area contributed by atoms with Crippen molar-refractivity contribution in [3.05, 3.63) is 186 Å². The van der Waals surface area contributed by atoms with Gasteiger partial charge in [-0.05, 0) is 91.0 Å². The number of aromatic nitrogens is 1. The van der Waals surface area contributed by atoms with Gasteiger partial charge in [0.1, 0.15) is 0 Å². The molecule has 0 spiro atoms. The van der Waals surface area contributed by atoms with E-state index in [-0.39, 0.29) is 0 Å². The Labute approximate surface area is 277 Å². The van der Waals surface area contributed by atoms with Gasteiger partial charge < -0.3 is 14.4 Å². The molecule has 0 atom stereocenters. The standard InChI is InChI=1S/C42H30BrN3/c43-31-14-12-21-35(28-31)45(37-23-13-22-36(29-37)44(32-15-4-1-5-16-32)33-17-6-2-7-18-33)38-26-27-40-39-24-10-11-25-41(39)46(42(40)30-38)34-19-8-3-9-20-34/h1-30H. The van der Waals surface area contributed by atoms with Crippen LogP contribution in [0.5, 0.6) is 0 Å². The lowest BCUT2D eigenvalue weighted by Crippen LogP contribution is -2.13. The number of anilines is 6. The molecule has 46 heavy (non-hydrogen) atoms. The first-order chi connectivity index (χ1) is 22.7. The number of nitrogens with zero attached hydrogens (tertiary/aromatic N) is 3. The first-order valence-corrected chi connectivity index (χ1v) is 16.2. The summed E-state index contributed by atoms with van der Waals surface area (Å²) in [6.07, 6.45) is 0. The molecule has 0 aliphatic rings. The fourth-order valence-corrected chi connectivity index (χ4v) is 6.78. The maximum absolute atomic E-state index is 3.74. The van der Waals surface area contributed by atoms with Gasteiger partial charge in [-0.1, -0.05) is 107 Å². The lowest BCUT2D eigenvalue weighted by atomic mass is 10.1. The molecule has 3 nitrogen and oxygen atoms in total. The van der Waals surface area contributed by atoms with E-state index in [0.29, 0.717) is 0 Å². The molecule has 0 aliphatic carbocycles. The molecular formula is C42H30BrN3. The number of fused-ring (bicyclic) bond motifs is 3. The zero-order valence-corrected chi connectivity index (χ0v) is 26.6. The third-order valence-electron chi connectivity index (χ3n) is 8.37. The Morgan fingerprint density at radius 3 is 1.48 bits per heavy atom. The maximum Gasteiger partial charge on any atom is 0.0561 e. The number of halogens is 1. The minimum absolute atomic E-state index is 1.03. The zero-order valence-electron chi connectivity index (χ0n) is 25.0. The van der Waals surface area contributed by atoms with Crippen LogP contribution in [0.3, 0.4) is 0 Å². The number of benzene rings is 7. The third kappa shape index (κ3) is 5.13. The van der Waals surface area contributed by atoms with E-state index >= 15 is 0 Å². The summed E-state index contributed by atoms with van der Waals surface area (Å²) in [4.78, 5) is 4.65. The van der Waals surface area contributed by atoms with Gasteiger partial charge in [0.05, 0.1) is 11.0 Å². The van der Waals surface area contributed by atoms with Gasteiger partial charge in [0.25, 0.3) is 0 Å². The minimum atomic E-state index is 1.03. The predicted octanol–water partition coefficient (Wildman–Crippen LogP) is 12.5. The largest absolute Gasteiger partial charge is 0.310 e. The Kier molecular flexibility index (Phi) is 7.33. The summed E-state index contributed by atoms with van der Waals surface area (Å²) in [6, 6.07) is 64.5. The molecule has 0 unspecified atom stereocenters. The SMILES string of the molecule is Brc1cccc(N(c2cccc(N(c3ccccc3)c3ccccc3)c2)c2ccc3c4ccccc4n(-c4ccccc4)c3c2)c1. The van der Waals surface area contributed by atoms with Crippen LogP contribution in [0, 0.1) is 0 Å². The monoisotopic (exact) mass is 655 g/mol. The Morgan fingerprint density at radius 1 is 0.348 bits per heavy atom. The van der Waals surface area contributed by atoms with Crippen molar-refractivity contribution in [2.75, 3.05) is 9.80 Å². The molecule has 0 saturated heterocycles. The van der Waals surface area contributed by atoms with E-state index in [1.165, 1.54) is 16.3 Å². The number of hydrogen-bond acceptors (Lipinski definition) is 2. The lowest BCUT2D eigenvalue weighted by Gasteiger charge is -2.29. The van der Waals surface area contributed by atoms with Gasteiger partial charge in [0.15, 0.2) is 0 Å². The molecule has 0 bridgehead atoms. The smallest absolute Gasteiger partial charge is 0.0561 e. The summed E-state index contributed by atoms with van der Waals surface area (Å²) in [6.45, 7) is 0. The molecule has 0 N–H and O–H groups in total. The van der Waals surface area contributed by atoms with Crippen LogP contribution < -0.4 is 9.80 Å². The molecule has 0 aliphatic heterocycles. The Morgan fingerprint density at radius 2 is 0.826 bits per heavy atom. The van der Waals surface area contributed by atoms with Crippen LogP contribution in [0.2, 0.25) is 0 Å². The third-order valence-corrected chi connectivity index (χ3v) is 8.86. The van der Waals surface area contributed by atoms with E-state index in [9.17, 15) is 0 Å². The number of rotatable bonds is 7. The highest BCUT2D eigenvalue weighted by Gasteiger charge is 2.19. The van der Waals surface area contributed by atoms with Gasteiger partial charge in [-0.3, -0.25) is 0 Å². The quantitative estimate of drug-likeness (QED) is 0.169. The number of hydrogen-bond donors (Lipinski definition) is 0. The Balaban J connectivity index is 1.34. The van der Waals surface area contributed by atoms with Crippen LogP contribution in [-0.2, 0) is 0 Å². The summed E-state index contributed by atoms with van der Waals surface area (Å²) >= 11 is 3.74. The lowest BCUT2D eigenvalue weighted by molar-refractivity contribution is 1.18. The topological polar surface area (TPSA) is 11.4 Å². The van der Waals surface area contributed by atoms with Gasteiger partial charge in [0.2, 0.25) is 0 Å². The molecule has 0 saturated carbocycles. The maximum atomic E-state index is 3.74. The summed E-state index contributed by atoms with van der Waals surface area (Å²) in [5.74, 6) is 0. The van der Waals surface area contributed by atoms with Crippen LogP contribution in [-0.4, -0.2) is 4.57 Å². The molecule has 0 radical (unpaired) electrons. The van der Waals surface area contributed by atoms with E-state index in [0.717, 1.165) is 49.8 Å². The molecule has 7 aromatic carbocycles. The summed E-state index contributed by atoms with van der Waals surface area (Å²) in [7, 11) is 0. The van der Waals surface area contributed by atoms with E-state index in [4.69, 9.17) is 0 Å². The molecular weight excluding hydrogens is 626 g/mol. The molecule has 0 fully saturated rings. The summed E-state index contributed by atoms with van der Waals surface area (Å²) in [5, 5.41) is 2.47. The Bertz CT molecular complexity index is 2240. The van der Waals surface area contributed by atoms with Crippen molar-refractivity contribution < 1.29 is 0 Å². The minimum Gasteiger partial charge on any atom is -0.310 e. The van der Waals surface area contributed by atoms with E-state index in [1.807, 2.05) is 0 Å². The van der Waals surface area contributed by atoms with Crippen LogP contribution in [0.1, 0.15) is 0 Å². The first-order valence-electron chi connectivity index (χ1n) is 15.4. The molecule has 220 valence electrons. The van der Waals surface area contributed by atoms with Crippen molar-refractivity contribution in [3.8, 4) is 5.69 Å². The molecule has 0 amide bonds. The average molecular weight is 657 g/mol. The van der Waals surface area contributed by atoms with Gasteiger partial charge in [-0.15, -0.1) is 0 Å².